The molecule has 0 heterocycles. The van der Waals surface area contributed by atoms with Crippen LogP contribution in [-0.2, 0) is 19.1 Å². The number of carbonyl (C=O) groups excluding carboxylic acids is 3. The predicted molar refractivity (Wildman–Crippen MR) is 76.0 cm³/mol. The second-order valence-corrected chi connectivity index (χ2v) is 4.26. The average Bonchev–Trinajstić information content (AvgIpc) is 2.49. The molecule has 106 valence electrons. The molecule has 0 aliphatic carbocycles. The number of unbranched alkanes of at least 4 members (excludes halogenated alkanes) is 3. The van der Waals surface area contributed by atoms with Crippen molar-refractivity contribution in [2.45, 2.75) is 25.7 Å². The highest BCUT2D eigenvalue weighted by molar-refractivity contribution is 6.39. The van der Waals surface area contributed by atoms with Crippen LogP contribution < -0.4 is 0 Å². The Morgan fingerprint density at radius 1 is 1.05 bits per heavy atom. The monoisotopic (exact) mass is 274 g/mol. The summed E-state index contributed by atoms with van der Waals surface area (Å²) in [6, 6.07) is 9.24. The topological polar surface area (TPSA) is 60.4 Å². The van der Waals surface area contributed by atoms with Gasteiger partial charge in [-0.25, -0.2) is 4.79 Å². The molecule has 1 aromatic carbocycles. The molecule has 0 radical (unpaired) electrons. The fraction of sp³-hybridized carbons (Fsp3) is 0.312. The molecule has 0 atom stereocenters. The maximum atomic E-state index is 11.5. The number of carbonyl (C=O) groups is 3. The lowest BCUT2D eigenvalue weighted by Gasteiger charge is -2.01. The summed E-state index contributed by atoms with van der Waals surface area (Å²) in [7, 11) is 0. The number of ketones is 1. The van der Waals surface area contributed by atoms with Crippen LogP contribution in [0.2, 0.25) is 0 Å². The number of hydrogen-bond acceptors (Lipinski definition) is 4. The first-order chi connectivity index (χ1) is 9.74. The van der Waals surface area contributed by atoms with Crippen LogP contribution in [0, 0.1) is 0 Å². The van der Waals surface area contributed by atoms with Gasteiger partial charge in [-0.3, -0.25) is 4.79 Å². The Morgan fingerprint density at radius 3 is 2.50 bits per heavy atom. The van der Waals surface area contributed by atoms with Crippen LogP contribution in [0.15, 0.2) is 36.4 Å². The van der Waals surface area contributed by atoms with Crippen LogP contribution in [-0.4, -0.2) is 24.6 Å². The Morgan fingerprint density at radius 2 is 1.80 bits per heavy atom. The van der Waals surface area contributed by atoms with Crippen molar-refractivity contribution < 1.29 is 19.1 Å². The van der Waals surface area contributed by atoms with Crippen LogP contribution in [0.3, 0.4) is 0 Å². The third-order valence-electron chi connectivity index (χ3n) is 2.63. The Bertz CT molecular complexity index is 463. The average molecular weight is 274 g/mol. The summed E-state index contributed by atoms with van der Waals surface area (Å²) in [5.74, 6) is -1.51. The predicted octanol–water partition coefficient (Wildman–Crippen LogP) is 2.57. The van der Waals surface area contributed by atoms with E-state index in [0.717, 1.165) is 24.7 Å². The molecule has 0 aliphatic rings. The van der Waals surface area contributed by atoms with Gasteiger partial charge >= 0.3 is 5.97 Å². The fourth-order valence-electron chi connectivity index (χ4n) is 1.55. The molecule has 0 saturated heterocycles. The standard InChI is InChI=1S/C16H18O4/c17-12-6-1-2-7-13-20-16(19)15(18)11-10-14-8-4-3-5-9-14/h3-5,8-12H,1-2,6-7,13H2/b11-10+. The van der Waals surface area contributed by atoms with Crippen molar-refractivity contribution in [1.29, 1.82) is 0 Å². The van der Waals surface area contributed by atoms with Gasteiger partial charge in [0.05, 0.1) is 6.61 Å². The second kappa shape index (κ2) is 9.67. The lowest BCUT2D eigenvalue weighted by atomic mass is 10.2. The van der Waals surface area contributed by atoms with E-state index >= 15 is 0 Å². The highest BCUT2D eigenvalue weighted by Gasteiger charge is 2.11. The molecule has 4 nitrogen and oxygen atoms in total. The van der Waals surface area contributed by atoms with E-state index < -0.39 is 11.8 Å². The van der Waals surface area contributed by atoms with Crippen molar-refractivity contribution >= 4 is 24.1 Å². The van der Waals surface area contributed by atoms with Gasteiger partial charge < -0.3 is 9.53 Å². The number of hydrogen-bond donors (Lipinski definition) is 0. The first kappa shape index (κ1) is 15.8. The quantitative estimate of drug-likeness (QED) is 0.228. The van der Waals surface area contributed by atoms with Gasteiger partial charge in [0.1, 0.15) is 6.29 Å². The summed E-state index contributed by atoms with van der Waals surface area (Å²) >= 11 is 0. The molecule has 1 aromatic rings. The maximum Gasteiger partial charge on any atom is 0.379 e. The molecule has 0 aromatic heterocycles. The summed E-state index contributed by atoms with van der Waals surface area (Å²) in [5.41, 5.74) is 0.850. The van der Waals surface area contributed by atoms with Gasteiger partial charge in [0.2, 0.25) is 0 Å². The molecule has 0 amide bonds. The molecule has 0 N–H and O–H groups in total. The van der Waals surface area contributed by atoms with Crippen LogP contribution in [0.4, 0.5) is 0 Å². The number of esters is 1. The molecule has 0 fully saturated rings. The van der Waals surface area contributed by atoms with Crippen molar-refractivity contribution in [3.63, 3.8) is 0 Å². The molecule has 0 bridgehead atoms. The van der Waals surface area contributed by atoms with Gasteiger partial charge in [0, 0.05) is 6.42 Å². The minimum atomic E-state index is -0.840. The van der Waals surface area contributed by atoms with Gasteiger partial charge in [-0.2, -0.15) is 0 Å². The van der Waals surface area contributed by atoms with Crippen molar-refractivity contribution in [1.82, 2.24) is 0 Å². The summed E-state index contributed by atoms with van der Waals surface area (Å²) in [4.78, 5) is 32.9. The van der Waals surface area contributed by atoms with E-state index in [1.54, 1.807) is 6.08 Å². The zero-order valence-corrected chi connectivity index (χ0v) is 11.3. The SMILES string of the molecule is O=CCCCCCOC(=O)C(=O)/C=C/c1ccccc1. The van der Waals surface area contributed by atoms with Gasteiger partial charge in [-0.1, -0.05) is 36.4 Å². The third-order valence-corrected chi connectivity index (χ3v) is 2.63. The fourth-order valence-corrected chi connectivity index (χ4v) is 1.55. The summed E-state index contributed by atoms with van der Waals surface area (Å²) in [5, 5.41) is 0. The number of ether oxygens (including phenoxy) is 1. The Labute approximate surface area is 118 Å². The maximum absolute atomic E-state index is 11.5. The van der Waals surface area contributed by atoms with Gasteiger partial charge in [-0.15, -0.1) is 0 Å². The number of aldehydes is 1. The molecule has 0 spiro atoms. The molecule has 20 heavy (non-hydrogen) atoms. The second-order valence-electron chi connectivity index (χ2n) is 4.26. The van der Waals surface area contributed by atoms with Crippen LogP contribution >= 0.6 is 0 Å². The van der Waals surface area contributed by atoms with E-state index in [-0.39, 0.29) is 6.61 Å². The molecule has 4 heteroatoms. The van der Waals surface area contributed by atoms with E-state index in [4.69, 9.17) is 4.74 Å². The van der Waals surface area contributed by atoms with Crippen molar-refractivity contribution in [2.75, 3.05) is 6.61 Å². The minimum absolute atomic E-state index is 0.211. The van der Waals surface area contributed by atoms with E-state index in [0.29, 0.717) is 12.8 Å². The number of rotatable bonds is 9. The van der Waals surface area contributed by atoms with E-state index in [2.05, 4.69) is 0 Å². The molecule has 1 rings (SSSR count). The van der Waals surface area contributed by atoms with E-state index in [9.17, 15) is 14.4 Å². The van der Waals surface area contributed by atoms with Crippen molar-refractivity contribution in [3.05, 3.63) is 42.0 Å². The van der Waals surface area contributed by atoms with E-state index in [1.807, 2.05) is 30.3 Å². The highest BCUT2D eigenvalue weighted by Crippen LogP contribution is 2.02. The van der Waals surface area contributed by atoms with Crippen LogP contribution in [0.25, 0.3) is 6.08 Å². The largest absolute Gasteiger partial charge is 0.460 e. The smallest absolute Gasteiger partial charge is 0.379 e. The normalized spacial score (nSPS) is 10.4. The molecular weight excluding hydrogens is 256 g/mol. The van der Waals surface area contributed by atoms with E-state index in [1.165, 1.54) is 6.08 Å². The van der Waals surface area contributed by atoms with Crippen LogP contribution in [0.1, 0.15) is 31.2 Å². The Kier molecular flexibility index (Phi) is 7.65. The molecule has 0 aliphatic heterocycles. The lowest BCUT2D eigenvalue weighted by Crippen LogP contribution is -2.15. The van der Waals surface area contributed by atoms with Gasteiger partial charge in [0.25, 0.3) is 5.78 Å². The summed E-state index contributed by atoms with van der Waals surface area (Å²) < 4.78 is 4.84. The zero-order chi connectivity index (χ0) is 14.6. The summed E-state index contributed by atoms with van der Waals surface area (Å²) in [6.45, 7) is 0.211. The number of benzene rings is 1. The first-order valence-electron chi connectivity index (χ1n) is 6.62. The third kappa shape index (κ3) is 6.64. The molecule has 0 unspecified atom stereocenters. The lowest BCUT2D eigenvalue weighted by molar-refractivity contribution is -0.151. The highest BCUT2D eigenvalue weighted by atomic mass is 16.5. The zero-order valence-electron chi connectivity index (χ0n) is 11.3. The van der Waals surface area contributed by atoms with Crippen molar-refractivity contribution in [3.8, 4) is 0 Å². The van der Waals surface area contributed by atoms with Crippen molar-refractivity contribution in [2.24, 2.45) is 0 Å². The Hall–Kier alpha value is -2.23. The molecular formula is C16H18O4. The van der Waals surface area contributed by atoms with Gasteiger partial charge in [0.15, 0.2) is 0 Å². The van der Waals surface area contributed by atoms with Gasteiger partial charge in [-0.05, 0) is 30.9 Å². The van der Waals surface area contributed by atoms with Crippen LogP contribution in [0.5, 0.6) is 0 Å². The Balaban J connectivity index is 2.24. The summed E-state index contributed by atoms with van der Waals surface area (Å²) in [6.07, 6.45) is 6.42. The minimum Gasteiger partial charge on any atom is -0.460 e. The molecule has 0 saturated carbocycles. The first-order valence-corrected chi connectivity index (χ1v) is 6.62.